The summed E-state index contributed by atoms with van der Waals surface area (Å²) < 4.78 is 6.78. The third kappa shape index (κ3) is 3.83. The molecular formula is C19H19N3O3S. The number of carbonyl (C=O) groups excluding carboxylic acids is 2. The number of thiophene rings is 1. The van der Waals surface area contributed by atoms with E-state index in [9.17, 15) is 9.59 Å². The van der Waals surface area contributed by atoms with E-state index in [1.54, 1.807) is 13.1 Å². The first kappa shape index (κ1) is 17.9. The zero-order chi connectivity index (χ0) is 18.7. The van der Waals surface area contributed by atoms with Crippen LogP contribution < -0.4 is 15.8 Å². The van der Waals surface area contributed by atoms with E-state index in [-0.39, 0.29) is 5.91 Å². The summed E-state index contributed by atoms with van der Waals surface area (Å²) in [6.45, 7) is 3.78. The van der Waals surface area contributed by atoms with Crippen LogP contribution in [-0.4, -0.2) is 22.8 Å². The van der Waals surface area contributed by atoms with Gasteiger partial charge in [0.2, 0.25) is 5.91 Å². The molecular weight excluding hydrogens is 350 g/mol. The SMILES string of the molecule is Cc1sc2ccc(OCc3ccccn3)cc2c1C(=O)N[C@@H](C)C(N)=O. The number of nitrogens with two attached hydrogens (primary N) is 1. The van der Waals surface area contributed by atoms with Crippen LogP contribution in [0.4, 0.5) is 0 Å². The molecule has 2 heterocycles. The molecule has 6 nitrogen and oxygen atoms in total. The fourth-order valence-corrected chi connectivity index (χ4v) is 3.59. The molecule has 26 heavy (non-hydrogen) atoms. The fraction of sp³-hybridized carbons (Fsp3) is 0.211. The number of hydrogen-bond acceptors (Lipinski definition) is 5. The van der Waals surface area contributed by atoms with Gasteiger partial charge in [0.25, 0.3) is 5.91 Å². The number of hydrogen-bond donors (Lipinski definition) is 2. The van der Waals surface area contributed by atoms with E-state index >= 15 is 0 Å². The number of aryl methyl sites for hydroxylation is 1. The predicted octanol–water partition coefficient (Wildman–Crippen LogP) is 2.79. The molecule has 0 aliphatic carbocycles. The number of ether oxygens (including phenoxy) is 1. The monoisotopic (exact) mass is 369 g/mol. The van der Waals surface area contributed by atoms with Crippen molar-refractivity contribution >= 4 is 33.2 Å². The molecule has 7 heteroatoms. The summed E-state index contributed by atoms with van der Waals surface area (Å²) in [7, 11) is 0. The summed E-state index contributed by atoms with van der Waals surface area (Å²) in [6.07, 6.45) is 1.71. The van der Waals surface area contributed by atoms with Crippen LogP contribution >= 0.6 is 11.3 Å². The number of amides is 2. The quantitative estimate of drug-likeness (QED) is 0.698. The molecule has 0 fully saturated rings. The number of pyridine rings is 1. The summed E-state index contributed by atoms with van der Waals surface area (Å²) in [5, 5.41) is 3.43. The van der Waals surface area contributed by atoms with Crippen LogP contribution in [0.1, 0.15) is 27.9 Å². The number of aromatic nitrogens is 1. The predicted molar refractivity (Wildman–Crippen MR) is 101 cm³/mol. The Bertz CT molecular complexity index is 953. The smallest absolute Gasteiger partial charge is 0.253 e. The van der Waals surface area contributed by atoms with Gasteiger partial charge in [0.05, 0.1) is 11.3 Å². The van der Waals surface area contributed by atoms with E-state index in [0.717, 1.165) is 20.7 Å². The van der Waals surface area contributed by atoms with E-state index in [1.165, 1.54) is 11.3 Å². The first-order valence-electron chi connectivity index (χ1n) is 8.11. The Balaban J connectivity index is 1.86. The van der Waals surface area contributed by atoms with E-state index in [4.69, 9.17) is 10.5 Å². The second-order valence-corrected chi connectivity index (χ2v) is 7.15. The molecule has 1 atom stereocenters. The summed E-state index contributed by atoms with van der Waals surface area (Å²) in [6, 6.07) is 10.5. The first-order valence-corrected chi connectivity index (χ1v) is 8.93. The maximum absolute atomic E-state index is 12.6. The van der Waals surface area contributed by atoms with Crippen LogP contribution in [0.15, 0.2) is 42.6 Å². The number of nitrogens with zero attached hydrogens (tertiary/aromatic N) is 1. The average Bonchev–Trinajstić information content (AvgIpc) is 2.95. The van der Waals surface area contributed by atoms with E-state index < -0.39 is 11.9 Å². The second kappa shape index (κ2) is 7.53. The fourth-order valence-electron chi connectivity index (χ4n) is 2.55. The number of fused-ring (bicyclic) bond motifs is 1. The zero-order valence-corrected chi connectivity index (χ0v) is 15.3. The second-order valence-electron chi connectivity index (χ2n) is 5.90. The molecule has 0 saturated heterocycles. The minimum absolute atomic E-state index is 0.318. The molecule has 0 radical (unpaired) electrons. The number of carbonyl (C=O) groups is 2. The molecule has 0 aliphatic heterocycles. The zero-order valence-electron chi connectivity index (χ0n) is 14.5. The van der Waals surface area contributed by atoms with Crippen molar-refractivity contribution < 1.29 is 14.3 Å². The lowest BCUT2D eigenvalue weighted by Crippen LogP contribution is -2.42. The van der Waals surface area contributed by atoms with Crippen molar-refractivity contribution in [1.82, 2.24) is 10.3 Å². The Morgan fingerprint density at radius 2 is 2.12 bits per heavy atom. The highest BCUT2D eigenvalue weighted by molar-refractivity contribution is 7.19. The minimum atomic E-state index is -0.736. The van der Waals surface area contributed by atoms with Gasteiger partial charge in [0.1, 0.15) is 18.4 Å². The van der Waals surface area contributed by atoms with Crippen molar-refractivity contribution in [2.75, 3.05) is 0 Å². The number of primary amides is 1. The van der Waals surface area contributed by atoms with Gasteiger partial charge in [-0.05, 0) is 44.2 Å². The lowest BCUT2D eigenvalue weighted by molar-refractivity contribution is -0.119. The molecule has 0 spiro atoms. The minimum Gasteiger partial charge on any atom is -0.487 e. The highest BCUT2D eigenvalue weighted by atomic mass is 32.1. The highest BCUT2D eigenvalue weighted by Gasteiger charge is 2.20. The van der Waals surface area contributed by atoms with Crippen LogP contribution in [0, 0.1) is 6.92 Å². The number of rotatable bonds is 6. The van der Waals surface area contributed by atoms with Gasteiger partial charge in [-0.3, -0.25) is 14.6 Å². The Morgan fingerprint density at radius 1 is 1.31 bits per heavy atom. The highest BCUT2D eigenvalue weighted by Crippen LogP contribution is 2.33. The van der Waals surface area contributed by atoms with Gasteiger partial charge in [0, 0.05) is 21.2 Å². The summed E-state index contributed by atoms with van der Waals surface area (Å²) in [5.74, 6) is -0.241. The summed E-state index contributed by atoms with van der Waals surface area (Å²) >= 11 is 1.52. The topological polar surface area (TPSA) is 94.3 Å². The van der Waals surface area contributed by atoms with Crippen LogP contribution in [-0.2, 0) is 11.4 Å². The van der Waals surface area contributed by atoms with E-state index in [2.05, 4.69) is 10.3 Å². The van der Waals surface area contributed by atoms with Crippen LogP contribution in [0.3, 0.4) is 0 Å². The first-order chi connectivity index (χ1) is 12.5. The Morgan fingerprint density at radius 3 is 2.81 bits per heavy atom. The van der Waals surface area contributed by atoms with Gasteiger partial charge >= 0.3 is 0 Å². The Labute approximate surface area is 155 Å². The number of nitrogens with one attached hydrogen (secondary N) is 1. The standard InChI is InChI=1S/C19H19N3O3S/c1-11(18(20)23)22-19(24)17-12(2)26-16-7-6-14(9-15(16)17)25-10-13-5-3-4-8-21-13/h3-9,11H,10H2,1-2H3,(H2,20,23)(H,22,24)/t11-/m0/s1. The van der Waals surface area contributed by atoms with Crippen LogP contribution in [0.2, 0.25) is 0 Å². The van der Waals surface area contributed by atoms with Crippen molar-refractivity contribution in [3.63, 3.8) is 0 Å². The largest absolute Gasteiger partial charge is 0.487 e. The molecule has 2 aromatic heterocycles. The lowest BCUT2D eigenvalue weighted by Gasteiger charge is -2.11. The van der Waals surface area contributed by atoms with Crippen molar-refractivity contribution in [3.8, 4) is 5.75 Å². The molecule has 3 N–H and O–H groups in total. The van der Waals surface area contributed by atoms with Gasteiger partial charge in [-0.25, -0.2) is 0 Å². The van der Waals surface area contributed by atoms with E-state index in [1.807, 2.05) is 43.3 Å². The normalized spacial score (nSPS) is 11.9. The molecule has 0 aliphatic rings. The van der Waals surface area contributed by atoms with Gasteiger partial charge in [-0.2, -0.15) is 0 Å². The molecule has 2 amide bonds. The Hall–Kier alpha value is -2.93. The lowest BCUT2D eigenvalue weighted by atomic mass is 10.1. The van der Waals surface area contributed by atoms with Crippen molar-refractivity contribution in [3.05, 3.63) is 58.7 Å². The maximum atomic E-state index is 12.6. The van der Waals surface area contributed by atoms with E-state index in [0.29, 0.717) is 17.9 Å². The average molecular weight is 369 g/mol. The van der Waals surface area contributed by atoms with Gasteiger partial charge < -0.3 is 15.8 Å². The number of benzene rings is 1. The van der Waals surface area contributed by atoms with Crippen LogP contribution in [0.5, 0.6) is 5.75 Å². The van der Waals surface area contributed by atoms with Gasteiger partial charge in [0.15, 0.2) is 0 Å². The van der Waals surface area contributed by atoms with Crippen molar-refractivity contribution in [2.45, 2.75) is 26.5 Å². The third-order valence-electron chi connectivity index (χ3n) is 3.95. The third-order valence-corrected chi connectivity index (χ3v) is 5.04. The molecule has 3 rings (SSSR count). The molecule has 1 aromatic carbocycles. The van der Waals surface area contributed by atoms with Gasteiger partial charge in [-0.15, -0.1) is 11.3 Å². The molecule has 0 saturated carbocycles. The Kier molecular flexibility index (Phi) is 5.18. The van der Waals surface area contributed by atoms with Crippen molar-refractivity contribution in [2.24, 2.45) is 5.73 Å². The summed E-state index contributed by atoms with van der Waals surface area (Å²) in [5.41, 5.74) is 6.59. The van der Waals surface area contributed by atoms with Crippen molar-refractivity contribution in [1.29, 1.82) is 0 Å². The molecule has 0 bridgehead atoms. The molecule has 3 aromatic rings. The van der Waals surface area contributed by atoms with Gasteiger partial charge in [-0.1, -0.05) is 6.07 Å². The summed E-state index contributed by atoms with van der Waals surface area (Å²) in [4.78, 5) is 28.9. The van der Waals surface area contributed by atoms with Crippen LogP contribution in [0.25, 0.3) is 10.1 Å². The molecule has 134 valence electrons. The maximum Gasteiger partial charge on any atom is 0.253 e. The molecule has 0 unspecified atom stereocenters.